The molecule has 1 spiro atoms. The van der Waals surface area contributed by atoms with Crippen LogP contribution in [0.15, 0.2) is 47.0 Å². The third-order valence-electron chi connectivity index (χ3n) is 11.7. The molecule has 1 saturated carbocycles. The molecule has 4 aliphatic rings. The van der Waals surface area contributed by atoms with Gasteiger partial charge in [-0.1, -0.05) is 37.7 Å². The Morgan fingerprint density at radius 2 is 1.71 bits per heavy atom. The number of carbonyl (C=O) groups is 5. The van der Waals surface area contributed by atoms with E-state index in [2.05, 4.69) is 26.3 Å². The zero-order chi connectivity index (χ0) is 40.5. The summed E-state index contributed by atoms with van der Waals surface area (Å²) in [5.41, 5.74) is 1.63. The number of pyridine rings is 1. The number of hydrogen-bond acceptors (Lipinski definition) is 13. The van der Waals surface area contributed by atoms with Crippen molar-refractivity contribution < 1.29 is 49.1 Å². The largest absolute Gasteiger partial charge is 0.478 e. The number of amides is 2. The van der Waals surface area contributed by atoms with E-state index in [1.807, 2.05) is 24.5 Å². The Labute approximate surface area is 331 Å². The van der Waals surface area contributed by atoms with Crippen molar-refractivity contribution in [3.8, 4) is 0 Å². The molecule has 0 bridgehead atoms. The van der Waals surface area contributed by atoms with E-state index in [0.29, 0.717) is 18.7 Å². The number of carboxylic acid groups (broad SMARTS) is 2. The van der Waals surface area contributed by atoms with Gasteiger partial charge in [-0.3, -0.25) is 24.7 Å². The van der Waals surface area contributed by atoms with Gasteiger partial charge in [-0.05, 0) is 92.8 Å². The van der Waals surface area contributed by atoms with Crippen LogP contribution in [0.1, 0.15) is 82.6 Å². The zero-order valence-electron chi connectivity index (χ0n) is 32.1. The molecule has 6 unspecified atom stereocenters. The highest BCUT2D eigenvalue weighted by molar-refractivity contribution is 8.00. The fraction of sp³-hybridized carbons (Fsp3) is 0.641. The van der Waals surface area contributed by atoms with E-state index in [4.69, 9.17) is 4.74 Å². The van der Waals surface area contributed by atoms with Gasteiger partial charge in [0.05, 0.1) is 5.25 Å². The number of aromatic nitrogens is 1. The second-order valence-electron chi connectivity index (χ2n) is 15.4. The minimum Gasteiger partial charge on any atom is -0.478 e. The third kappa shape index (κ3) is 10.2. The quantitative estimate of drug-likeness (QED) is 0.0581. The smallest absolute Gasteiger partial charge is 0.353 e. The fourth-order valence-corrected chi connectivity index (χ4v) is 10.5. The lowest BCUT2D eigenvalue weighted by Crippen LogP contribution is -2.56. The molecule has 0 saturated heterocycles. The summed E-state index contributed by atoms with van der Waals surface area (Å²) in [4.78, 5) is 68.5. The number of carbonyl (C=O) groups excluding carboxylic acids is 3. The van der Waals surface area contributed by atoms with E-state index >= 15 is 0 Å². The normalized spacial score (nSPS) is 24.1. The van der Waals surface area contributed by atoms with Crippen LogP contribution in [0.25, 0.3) is 0 Å². The first-order chi connectivity index (χ1) is 26.8. The molecule has 2 heterocycles. The molecular weight excluding hydrogens is 745 g/mol. The molecule has 308 valence electrons. The lowest BCUT2D eigenvalue weighted by Gasteiger charge is -2.40. The molecule has 1 fully saturated rings. The van der Waals surface area contributed by atoms with Crippen molar-refractivity contribution in [3.63, 3.8) is 0 Å². The highest BCUT2D eigenvalue weighted by Crippen LogP contribution is 2.57. The van der Waals surface area contributed by atoms with Gasteiger partial charge in [0.15, 0.2) is 0 Å². The number of allylic oxidation sites excluding steroid dienone is 1. The van der Waals surface area contributed by atoms with Gasteiger partial charge in [0.1, 0.15) is 17.7 Å². The van der Waals surface area contributed by atoms with Crippen molar-refractivity contribution >= 4 is 41.5 Å². The number of carboxylic acids is 2. The molecule has 0 radical (unpaired) electrons. The maximum absolute atomic E-state index is 14.2. The van der Waals surface area contributed by atoms with E-state index in [0.717, 1.165) is 80.9 Å². The van der Waals surface area contributed by atoms with Gasteiger partial charge in [0.2, 0.25) is 23.8 Å². The Morgan fingerprint density at radius 3 is 2.36 bits per heavy atom. The van der Waals surface area contributed by atoms with Crippen LogP contribution >= 0.6 is 11.8 Å². The summed E-state index contributed by atoms with van der Waals surface area (Å²) in [7, 11) is 3.40. The van der Waals surface area contributed by atoms with Crippen molar-refractivity contribution in [1.82, 2.24) is 31.6 Å². The number of aliphatic hydroxyl groups is 2. The summed E-state index contributed by atoms with van der Waals surface area (Å²) in [5.74, 6) is -5.27. The number of aliphatic carboxylic acids is 2. The predicted molar refractivity (Wildman–Crippen MR) is 206 cm³/mol. The minimum atomic E-state index is -2.44. The number of nitrogens with zero attached hydrogens (tertiary/aromatic N) is 1. The fourth-order valence-electron chi connectivity index (χ4n) is 8.85. The number of ether oxygens (including phenoxy) is 1. The van der Waals surface area contributed by atoms with Gasteiger partial charge in [0, 0.05) is 44.2 Å². The average molecular weight is 801 g/mol. The van der Waals surface area contributed by atoms with Crippen LogP contribution in [0.2, 0.25) is 0 Å². The van der Waals surface area contributed by atoms with Gasteiger partial charge in [-0.15, -0.1) is 11.8 Å². The van der Waals surface area contributed by atoms with Crippen molar-refractivity contribution in [3.05, 3.63) is 52.6 Å². The lowest BCUT2D eigenvalue weighted by atomic mass is 9.67. The zero-order valence-corrected chi connectivity index (χ0v) is 32.9. The molecule has 6 atom stereocenters. The summed E-state index contributed by atoms with van der Waals surface area (Å²) in [6, 6.07) is 2.61. The maximum atomic E-state index is 14.2. The van der Waals surface area contributed by atoms with Crippen molar-refractivity contribution in [1.29, 1.82) is 0 Å². The Bertz CT molecular complexity index is 1670. The molecule has 3 aliphatic carbocycles. The van der Waals surface area contributed by atoms with E-state index in [1.54, 1.807) is 19.4 Å². The maximum Gasteiger partial charge on any atom is 0.353 e. The van der Waals surface area contributed by atoms with Crippen molar-refractivity contribution in [2.45, 2.75) is 107 Å². The molecule has 1 aromatic heterocycles. The summed E-state index contributed by atoms with van der Waals surface area (Å²) >= 11 is 1.38. The average Bonchev–Trinajstić information content (AvgIpc) is 3.79. The topological polar surface area (TPSA) is 249 Å². The van der Waals surface area contributed by atoms with Crippen molar-refractivity contribution in [2.75, 3.05) is 33.1 Å². The van der Waals surface area contributed by atoms with Crippen LogP contribution in [0.4, 0.5) is 0 Å². The van der Waals surface area contributed by atoms with E-state index in [9.17, 15) is 44.4 Å². The first kappa shape index (κ1) is 43.3. The van der Waals surface area contributed by atoms with Gasteiger partial charge in [-0.2, -0.15) is 0 Å². The van der Waals surface area contributed by atoms with Gasteiger partial charge in [-0.25, -0.2) is 9.59 Å². The molecule has 5 rings (SSSR count). The van der Waals surface area contributed by atoms with E-state index in [-0.39, 0.29) is 35.0 Å². The van der Waals surface area contributed by atoms with Crippen LogP contribution in [0.3, 0.4) is 0 Å². The Morgan fingerprint density at radius 1 is 1.02 bits per heavy atom. The lowest BCUT2D eigenvalue weighted by molar-refractivity contribution is -0.164. The molecule has 1 aliphatic heterocycles. The molecule has 9 N–H and O–H groups in total. The number of likely N-dealkylation sites (N-methyl/N-ethyl adjacent to an activating group) is 1. The number of thioether (sulfide) groups is 1. The van der Waals surface area contributed by atoms with Crippen LogP contribution in [-0.4, -0.2) is 111 Å². The summed E-state index contributed by atoms with van der Waals surface area (Å²) in [6.07, 6.45) is 10.3. The number of nitrogens with one attached hydrogen (secondary N) is 5. The number of rotatable bonds is 18. The van der Waals surface area contributed by atoms with E-state index in [1.165, 1.54) is 17.3 Å². The molecule has 17 heteroatoms. The second kappa shape index (κ2) is 19.5. The molecular formula is C39H56N6O10S. The Kier molecular flexibility index (Phi) is 15.1. The van der Waals surface area contributed by atoms with E-state index < -0.39 is 60.5 Å². The van der Waals surface area contributed by atoms with Gasteiger partial charge in [0.25, 0.3) is 0 Å². The summed E-state index contributed by atoms with van der Waals surface area (Å²) in [5, 5.41) is 52.2. The first-order valence-corrected chi connectivity index (χ1v) is 20.5. The Hall–Kier alpha value is -3.87. The van der Waals surface area contributed by atoms with Crippen LogP contribution in [0.5, 0.6) is 0 Å². The van der Waals surface area contributed by atoms with Gasteiger partial charge >= 0.3 is 17.9 Å². The summed E-state index contributed by atoms with van der Waals surface area (Å²) in [6.45, 7) is 0.443. The highest BCUT2D eigenvalue weighted by Gasteiger charge is 2.53. The number of esters is 1. The minimum absolute atomic E-state index is 0.0626. The Balaban J connectivity index is 1.50. The monoisotopic (exact) mass is 800 g/mol. The van der Waals surface area contributed by atoms with Crippen molar-refractivity contribution in [2.24, 2.45) is 17.3 Å². The standard InChI is InChI=1S/C39H56N6O10S/c1-40-20-26-25(18-23-10-16-42-17-11-23)19-24-8-4-3-5-12-38(13-6-7-14-38)32(31-29(24)30(26)36(51)55-31)56-21-27(33(47)45-34(48)35(49)50)44-28(46)9-15-39(54,37(52)53)43-22-41-2/h10-11,16-17,24,27,30,32,34,40-41,43,48,54H,3-9,12-15,18-22H2,1-2H3,(H,44,46)(H,45,47)(H,49,50)(H,52,53). The van der Waals surface area contributed by atoms with Crippen LogP contribution in [0, 0.1) is 17.3 Å². The first-order valence-electron chi connectivity index (χ1n) is 19.5. The SMILES string of the molecule is CNCNC(O)(CCC(=O)NC(CSC1C2=C3C(CCCCCC14CCCC4)CC(Cc1ccncc1)=C(CNC)C3C(=O)O2)C(=O)NC(O)C(=O)O)C(=O)O. The second-order valence-corrected chi connectivity index (χ2v) is 16.5. The number of hydrogen-bond donors (Lipinski definition) is 9. The van der Waals surface area contributed by atoms with Crippen LogP contribution < -0.4 is 26.6 Å². The summed E-state index contributed by atoms with van der Waals surface area (Å²) < 4.78 is 6.43. The molecule has 0 aromatic carbocycles. The van der Waals surface area contributed by atoms with Crippen LogP contribution in [-0.2, 0) is 35.1 Å². The van der Waals surface area contributed by atoms with Gasteiger partial charge < -0.3 is 46.4 Å². The highest BCUT2D eigenvalue weighted by atomic mass is 32.2. The predicted octanol–water partition coefficient (Wildman–Crippen LogP) is 1.54. The molecule has 1 aromatic rings. The number of aliphatic hydroxyl groups excluding tert-OH is 1. The molecule has 16 nitrogen and oxygen atoms in total. The molecule has 2 amide bonds. The molecule has 56 heavy (non-hydrogen) atoms. The third-order valence-corrected chi connectivity index (χ3v) is 13.2.